The fourth-order valence-electron chi connectivity index (χ4n) is 7.11. The van der Waals surface area contributed by atoms with Gasteiger partial charge in [0, 0.05) is 19.3 Å². The Bertz CT molecular complexity index is 1510. The molecule has 6 heteroatoms. The third kappa shape index (κ3) is 56.1. The van der Waals surface area contributed by atoms with E-state index in [0.717, 1.165) is 161 Å². The van der Waals surface area contributed by atoms with Crippen molar-refractivity contribution in [3.05, 3.63) is 146 Å². The lowest BCUT2D eigenvalue weighted by molar-refractivity contribution is -0.167. The molecule has 0 N–H and O–H groups in total. The monoisotopic (exact) mass is 979 g/mol. The van der Waals surface area contributed by atoms with E-state index in [-0.39, 0.29) is 31.1 Å². The molecule has 0 atom stereocenters. The van der Waals surface area contributed by atoms with E-state index in [0.29, 0.717) is 19.3 Å². The van der Waals surface area contributed by atoms with Gasteiger partial charge in [-0.25, -0.2) is 0 Å². The van der Waals surface area contributed by atoms with Gasteiger partial charge in [0.05, 0.1) is 0 Å². The Labute approximate surface area is 436 Å². The zero-order valence-corrected chi connectivity index (χ0v) is 45.4. The lowest BCUT2D eigenvalue weighted by Gasteiger charge is -2.18. The maximum atomic E-state index is 12.8. The van der Waals surface area contributed by atoms with E-state index in [9.17, 15) is 14.4 Å². The van der Waals surface area contributed by atoms with Crippen LogP contribution in [0.1, 0.15) is 226 Å². The van der Waals surface area contributed by atoms with Crippen molar-refractivity contribution in [1.29, 1.82) is 0 Å². The molecule has 0 aromatic carbocycles. The maximum absolute atomic E-state index is 12.8. The molecule has 0 saturated carbocycles. The number of allylic oxidation sites excluding steroid dienone is 24. The average Bonchev–Trinajstić information content (AvgIpc) is 3.37. The minimum absolute atomic E-state index is 0.118. The summed E-state index contributed by atoms with van der Waals surface area (Å²) in [6.45, 7) is 6.30. The molecule has 0 amide bonds. The Morgan fingerprint density at radius 2 is 0.549 bits per heavy atom. The van der Waals surface area contributed by atoms with Gasteiger partial charge in [0.25, 0.3) is 0 Å². The first-order valence-electron chi connectivity index (χ1n) is 28.3. The van der Waals surface area contributed by atoms with Gasteiger partial charge in [-0.1, -0.05) is 212 Å². The molecule has 0 aliphatic rings. The highest BCUT2D eigenvalue weighted by Gasteiger charge is 2.19. The van der Waals surface area contributed by atoms with Gasteiger partial charge in [0.15, 0.2) is 6.10 Å². The van der Waals surface area contributed by atoms with Crippen LogP contribution >= 0.6 is 0 Å². The van der Waals surface area contributed by atoms with Crippen molar-refractivity contribution in [3.63, 3.8) is 0 Å². The Morgan fingerprint density at radius 3 is 0.873 bits per heavy atom. The molecule has 0 unspecified atom stereocenters. The number of esters is 3. The molecule has 0 fully saturated rings. The van der Waals surface area contributed by atoms with Gasteiger partial charge >= 0.3 is 17.9 Å². The molecule has 0 aromatic heterocycles. The molecule has 0 aliphatic heterocycles. The highest BCUT2D eigenvalue weighted by atomic mass is 16.6. The number of hydrogen-bond donors (Lipinski definition) is 0. The van der Waals surface area contributed by atoms with Crippen LogP contribution in [0, 0.1) is 0 Å². The van der Waals surface area contributed by atoms with Crippen molar-refractivity contribution in [2.45, 2.75) is 232 Å². The van der Waals surface area contributed by atoms with Gasteiger partial charge in [0.2, 0.25) is 0 Å². The van der Waals surface area contributed by atoms with Gasteiger partial charge in [-0.15, -0.1) is 0 Å². The zero-order chi connectivity index (χ0) is 51.4. The van der Waals surface area contributed by atoms with Gasteiger partial charge in [-0.05, 0) is 141 Å². The molecule has 0 heterocycles. The summed E-state index contributed by atoms with van der Waals surface area (Å²) >= 11 is 0. The van der Waals surface area contributed by atoms with Crippen LogP contribution in [0.4, 0.5) is 0 Å². The topological polar surface area (TPSA) is 78.9 Å². The number of unbranched alkanes of at least 4 members (excludes halogenated alkanes) is 14. The molecule has 0 bridgehead atoms. The van der Waals surface area contributed by atoms with Crippen LogP contribution in [0.15, 0.2) is 146 Å². The summed E-state index contributed by atoms with van der Waals surface area (Å²) in [7, 11) is 0. The van der Waals surface area contributed by atoms with Gasteiger partial charge < -0.3 is 14.2 Å². The van der Waals surface area contributed by atoms with Crippen molar-refractivity contribution in [2.24, 2.45) is 0 Å². The average molecular weight is 980 g/mol. The Kier molecular flexibility index (Phi) is 54.0. The lowest BCUT2D eigenvalue weighted by atomic mass is 10.1. The fourth-order valence-corrected chi connectivity index (χ4v) is 7.11. The first-order chi connectivity index (χ1) is 35.0. The lowest BCUT2D eigenvalue weighted by Crippen LogP contribution is -2.30. The molecule has 0 aromatic rings. The fraction of sp³-hybridized carbons (Fsp3) is 0.585. The van der Waals surface area contributed by atoms with E-state index in [4.69, 9.17) is 14.2 Å². The normalized spacial score (nSPS) is 13.2. The number of hydrogen-bond acceptors (Lipinski definition) is 6. The first-order valence-corrected chi connectivity index (χ1v) is 28.3. The third-order valence-electron chi connectivity index (χ3n) is 11.3. The Morgan fingerprint density at radius 1 is 0.296 bits per heavy atom. The maximum Gasteiger partial charge on any atom is 0.306 e. The summed E-state index contributed by atoms with van der Waals surface area (Å²) < 4.78 is 16.8. The van der Waals surface area contributed by atoms with Gasteiger partial charge in [-0.3, -0.25) is 14.4 Å². The molecule has 398 valence electrons. The number of ether oxygens (including phenoxy) is 3. The van der Waals surface area contributed by atoms with Crippen LogP contribution in [0.2, 0.25) is 0 Å². The van der Waals surface area contributed by atoms with E-state index in [1.165, 1.54) is 25.7 Å². The summed E-state index contributed by atoms with van der Waals surface area (Å²) in [5.74, 6) is -1.00. The number of rotatable bonds is 49. The number of carbonyl (C=O) groups is 3. The number of carbonyl (C=O) groups excluding carboxylic acids is 3. The third-order valence-corrected chi connectivity index (χ3v) is 11.3. The van der Waals surface area contributed by atoms with Crippen LogP contribution < -0.4 is 0 Å². The molecule has 0 aliphatic carbocycles. The van der Waals surface area contributed by atoms with Crippen molar-refractivity contribution in [1.82, 2.24) is 0 Å². The van der Waals surface area contributed by atoms with E-state index in [2.05, 4.69) is 167 Å². The standard InChI is InChI=1S/C65H102O6/c1-4-7-10-13-16-19-22-25-28-30-32-34-37-39-42-45-48-51-54-57-63(66)69-60-62(71-65(68)59-56-53-50-47-44-41-36-27-24-21-18-15-12-9-6-3)61-70-64(67)58-55-52-49-46-43-40-38-35-33-31-29-26-23-20-17-14-11-8-5-2/h7-8,10-11,16-21,25-29,32-36,39-40,42-43,62H,4-6,9,12-15,22-24,30-31,37-38,41,44-61H2,1-3H3. The van der Waals surface area contributed by atoms with Gasteiger partial charge in [-0.2, -0.15) is 0 Å². The predicted molar refractivity (Wildman–Crippen MR) is 306 cm³/mol. The van der Waals surface area contributed by atoms with Crippen LogP contribution in [0.25, 0.3) is 0 Å². The minimum Gasteiger partial charge on any atom is -0.462 e. The summed E-state index contributed by atoms with van der Waals surface area (Å²) in [6, 6.07) is 0. The summed E-state index contributed by atoms with van der Waals surface area (Å²) in [5.41, 5.74) is 0. The summed E-state index contributed by atoms with van der Waals surface area (Å²) in [5, 5.41) is 0. The highest BCUT2D eigenvalue weighted by molar-refractivity contribution is 5.71. The van der Waals surface area contributed by atoms with Crippen molar-refractivity contribution in [2.75, 3.05) is 13.2 Å². The second kappa shape index (κ2) is 57.9. The molecule has 71 heavy (non-hydrogen) atoms. The molecule has 0 rings (SSSR count). The molecule has 0 spiro atoms. The molecule has 0 radical (unpaired) electrons. The molecule has 0 saturated heterocycles. The molecule has 6 nitrogen and oxygen atoms in total. The largest absolute Gasteiger partial charge is 0.462 e. The van der Waals surface area contributed by atoms with E-state index >= 15 is 0 Å². The van der Waals surface area contributed by atoms with E-state index in [1.807, 2.05) is 0 Å². The SMILES string of the molecule is CCC=CCC=CCC=CCC=CCC=CCCCCCC(=O)OCC(COC(=O)CCCCCC=CCC=CCC=CCC=CCC=CCC)OC(=O)CCCCCCCC=CCC=CCCCCC. The Hall–Kier alpha value is -4.71. The summed E-state index contributed by atoms with van der Waals surface area (Å²) in [4.78, 5) is 38.2. The van der Waals surface area contributed by atoms with Crippen molar-refractivity contribution >= 4 is 17.9 Å². The first kappa shape index (κ1) is 66.3. The van der Waals surface area contributed by atoms with E-state index in [1.54, 1.807) is 0 Å². The second-order valence-electron chi connectivity index (χ2n) is 18.1. The van der Waals surface area contributed by atoms with Crippen LogP contribution in [-0.4, -0.2) is 37.2 Å². The predicted octanol–water partition coefficient (Wildman–Crippen LogP) is 19.2. The van der Waals surface area contributed by atoms with Crippen molar-refractivity contribution < 1.29 is 28.6 Å². The van der Waals surface area contributed by atoms with Crippen LogP contribution in [-0.2, 0) is 28.6 Å². The smallest absolute Gasteiger partial charge is 0.306 e. The minimum atomic E-state index is -0.820. The second-order valence-corrected chi connectivity index (χ2v) is 18.1. The van der Waals surface area contributed by atoms with Crippen LogP contribution in [0.5, 0.6) is 0 Å². The highest BCUT2D eigenvalue weighted by Crippen LogP contribution is 2.12. The van der Waals surface area contributed by atoms with E-state index < -0.39 is 6.10 Å². The summed E-state index contributed by atoms with van der Waals surface area (Å²) in [6.07, 6.45) is 82.6. The zero-order valence-electron chi connectivity index (χ0n) is 45.4. The quantitative estimate of drug-likeness (QED) is 0.0262. The van der Waals surface area contributed by atoms with Gasteiger partial charge in [0.1, 0.15) is 13.2 Å². The molecular formula is C65H102O6. The Balaban J connectivity index is 4.56. The van der Waals surface area contributed by atoms with Crippen molar-refractivity contribution in [3.8, 4) is 0 Å². The molecular weight excluding hydrogens is 877 g/mol. The van der Waals surface area contributed by atoms with Crippen LogP contribution in [0.3, 0.4) is 0 Å².